The largest absolute Gasteiger partial charge is 0.493 e. The number of piperidine rings is 1. The van der Waals surface area contributed by atoms with Crippen molar-refractivity contribution in [3.05, 3.63) is 41.3 Å². The van der Waals surface area contributed by atoms with E-state index in [4.69, 9.17) is 9.47 Å². The number of nitrogens with zero attached hydrogens (tertiary/aromatic N) is 2. The van der Waals surface area contributed by atoms with Crippen molar-refractivity contribution in [3.8, 4) is 11.5 Å². The lowest BCUT2D eigenvalue weighted by molar-refractivity contribution is 0.200. The number of aliphatic imine (C=N–C) groups is 1. The van der Waals surface area contributed by atoms with Crippen LogP contribution >= 0.6 is 11.3 Å². The maximum Gasteiger partial charge on any atom is 0.191 e. The number of hydrogen-bond acceptors (Lipinski definition) is 5. The third kappa shape index (κ3) is 5.85. The molecule has 1 aliphatic heterocycles. The lowest BCUT2D eigenvalue weighted by Crippen LogP contribution is -2.48. The fraction of sp³-hybridized carbons (Fsp3) is 0.542. The van der Waals surface area contributed by atoms with Crippen LogP contribution in [-0.4, -0.2) is 45.4 Å². The molecule has 168 valence electrons. The van der Waals surface area contributed by atoms with E-state index in [1.54, 1.807) is 7.11 Å². The van der Waals surface area contributed by atoms with E-state index in [9.17, 15) is 0 Å². The molecule has 7 heteroatoms. The van der Waals surface area contributed by atoms with Crippen molar-refractivity contribution in [1.29, 1.82) is 0 Å². The van der Waals surface area contributed by atoms with Gasteiger partial charge in [0.25, 0.3) is 0 Å². The van der Waals surface area contributed by atoms with Crippen molar-refractivity contribution in [2.24, 2.45) is 4.99 Å². The molecule has 4 rings (SSSR count). The van der Waals surface area contributed by atoms with Crippen molar-refractivity contribution < 1.29 is 9.47 Å². The van der Waals surface area contributed by atoms with Gasteiger partial charge in [0.2, 0.25) is 0 Å². The van der Waals surface area contributed by atoms with Gasteiger partial charge >= 0.3 is 0 Å². The first-order valence-corrected chi connectivity index (χ1v) is 12.2. The Morgan fingerprint density at radius 1 is 1.13 bits per heavy atom. The van der Waals surface area contributed by atoms with Gasteiger partial charge in [-0.15, -0.1) is 11.3 Å². The Bertz CT molecular complexity index is 841. The number of anilines is 1. The van der Waals surface area contributed by atoms with Crippen molar-refractivity contribution in [2.45, 2.75) is 57.2 Å². The van der Waals surface area contributed by atoms with E-state index in [2.05, 4.69) is 50.2 Å². The molecule has 0 atom stereocenters. The molecule has 1 saturated heterocycles. The highest BCUT2D eigenvalue weighted by molar-refractivity contribution is 7.14. The van der Waals surface area contributed by atoms with E-state index in [0.29, 0.717) is 18.7 Å². The molecule has 0 bridgehead atoms. The topological polar surface area (TPSA) is 58.1 Å². The van der Waals surface area contributed by atoms with Gasteiger partial charge in [0.1, 0.15) is 0 Å². The Morgan fingerprint density at radius 3 is 2.61 bits per heavy atom. The van der Waals surface area contributed by atoms with Crippen molar-refractivity contribution in [1.82, 2.24) is 10.6 Å². The molecule has 2 fully saturated rings. The maximum absolute atomic E-state index is 6.23. The standard InChI is InChI=1S/C24H34N4O2S/c1-25-24(27-19-11-13-28(14-12-19)23-8-5-15-31-23)26-17-18-9-10-21(29-2)22(16-18)30-20-6-3-4-7-20/h5,8-10,15-16,19-20H,3-4,6-7,11-14,17H2,1-2H3,(H2,25,26,27). The number of methoxy groups -OCH3 is 1. The second-order valence-corrected chi connectivity index (χ2v) is 9.22. The Morgan fingerprint density at radius 2 is 1.94 bits per heavy atom. The van der Waals surface area contributed by atoms with E-state index in [1.165, 1.54) is 17.8 Å². The molecule has 0 amide bonds. The van der Waals surface area contributed by atoms with E-state index in [0.717, 1.165) is 61.8 Å². The lowest BCUT2D eigenvalue weighted by atomic mass is 10.1. The van der Waals surface area contributed by atoms with E-state index >= 15 is 0 Å². The first-order valence-electron chi connectivity index (χ1n) is 11.3. The minimum Gasteiger partial charge on any atom is -0.493 e. The zero-order valence-corrected chi connectivity index (χ0v) is 19.4. The van der Waals surface area contributed by atoms with Crippen LogP contribution in [0.1, 0.15) is 44.1 Å². The molecule has 0 spiro atoms. The molecule has 31 heavy (non-hydrogen) atoms. The first-order chi connectivity index (χ1) is 15.2. The van der Waals surface area contributed by atoms with Gasteiger partial charge in [0.15, 0.2) is 17.5 Å². The molecule has 2 N–H and O–H groups in total. The maximum atomic E-state index is 6.23. The first kappa shape index (κ1) is 21.8. The third-order valence-corrected chi connectivity index (χ3v) is 7.09. The summed E-state index contributed by atoms with van der Waals surface area (Å²) in [7, 11) is 3.53. The number of rotatable bonds is 7. The van der Waals surface area contributed by atoms with Crippen LogP contribution in [0.15, 0.2) is 40.7 Å². The number of hydrogen-bond donors (Lipinski definition) is 2. The summed E-state index contributed by atoms with van der Waals surface area (Å²) >= 11 is 1.82. The lowest BCUT2D eigenvalue weighted by Gasteiger charge is -2.33. The summed E-state index contributed by atoms with van der Waals surface area (Å²) in [5.74, 6) is 2.50. The predicted octanol–water partition coefficient (Wildman–Crippen LogP) is 4.41. The van der Waals surface area contributed by atoms with Gasteiger partial charge in [0.05, 0.1) is 18.2 Å². The Balaban J connectivity index is 1.28. The average molecular weight is 443 g/mol. The molecule has 2 aliphatic rings. The van der Waals surface area contributed by atoms with Crippen LogP contribution in [0.3, 0.4) is 0 Å². The fourth-order valence-electron chi connectivity index (χ4n) is 4.38. The average Bonchev–Trinajstić information content (AvgIpc) is 3.52. The minimum atomic E-state index is 0.312. The number of ether oxygens (including phenoxy) is 2. The molecule has 6 nitrogen and oxygen atoms in total. The Hall–Kier alpha value is -2.41. The smallest absolute Gasteiger partial charge is 0.191 e. The molecule has 2 aromatic rings. The summed E-state index contributed by atoms with van der Waals surface area (Å²) in [6.45, 7) is 2.85. The normalized spacial score (nSPS) is 18.3. The van der Waals surface area contributed by atoms with Gasteiger partial charge in [-0.05, 0) is 73.7 Å². The van der Waals surface area contributed by atoms with E-state index in [-0.39, 0.29) is 0 Å². The van der Waals surface area contributed by atoms with Crippen LogP contribution in [-0.2, 0) is 6.54 Å². The number of nitrogens with one attached hydrogen (secondary N) is 2. The Labute approximate surface area is 189 Å². The van der Waals surface area contributed by atoms with Crippen molar-refractivity contribution in [2.75, 3.05) is 32.1 Å². The molecular weight excluding hydrogens is 408 g/mol. The quantitative estimate of drug-likeness (QED) is 0.491. The van der Waals surface area contributed by atoms with Gasteiger partial charge in [-0.25, -0.2) is 0 Å². The summed E-state index contributed by atoms with van der Waals surface area (Å²) in [6, 6.07) is 11.0. The number of thiophene rings is 1. The highest BCUT2D eigenvalue weighted by Crippen LogP contribution is 2.32. The second-order valence-electron chi connectivity index (χ2n) is 8.29. The molecule has 2 heterocycles. The second kappa shape index (κ2) is 10.8. The summed E-state index contributed by atoms with van der Waals surface area (Å²) in [4.78, 5) is 6.91. The monoisotopic (exact) mass is 442 g/mol. The Kier molecular flexibility index (Phi) is 7.57. The van der Waals surface area contributed by atoms with Gasteiger partial charge in [-0.2, -0.15) is 0 Å². The zero-order valence-electron chi connectivity index (χ0n) is 18.6. The third-order valence-electron chi connectivity index (χ3n) is 6.16. The SMILES string of the molecule is CN=C(NCc1ccc(OC)c(OC2CCCC2)c1)NC1CCN(c2cccs2)CC1. The van der Waals surface area contributed by atoms with E-state index < -0.39 is 0 Å². The van der Waals surface area contributed by atoms with Crippen LogP contribution in [0.4, 0.5) is 5.00 Å². The number of guanidine groups is 1. The highest BCUT2D eigenvalue weighted by atomic mass is 32.1. The van der Waals surface area contributed by atoms with Crippen LogP contribution in [0.25, 0.3) is 0 Å². The molecule has 0 unspecified atom stereocenters. The van der Waals surface area contributed by atoms with Gasteiger partial charge in [0, 0.05) is 32.7 Å². The molecule has 1 aliphatic carbocycles. The van der Waals surface area contributed by atoms with Crippen molar-refractivity contribution >= 4 is 22.3 Å². The summed E-state index contributed by atoms with van der Waals surface area (Å²) < 4.78 is 11.7. The summed E-state index contributed by atoms with van der Waals surface area (Å²) in [5, 5.41) is 10.6. The zero-order chi connectivity index (χ0) is 21.5. The molecule has 1 aromatic carbocycles. The van der Waals surface area contributed by atoms with Crippen molar-refractivity contribution in [3.63, 3.8) is 0 Å². The van der Waals surface area contributed by atoms with Gasteiger partial charge < -0.3 is 25.0 Å². The van der Waals surface area contributed by atoms with Crippen LogP contribution < -0.4 is 25.0 Å². The van der Waals surface area contributed by atoms with Gasteiger partial charge in [-0.1, -0.05) is 6.07 Å². The number of benzene rings is 1. The van der Waals surface area contributed by atoms with Crippen LogP contribution in [0.5, 0.6) is 11.5 Å². The molecule has 1 aromatic heterocycles. The molecule has 1 saturated carbocycles. The molecule has 0 radical (unpaired) electrons. The fourth-order valence-corrected chi connectivity index (χ4v) is 5.16. The summed E-state index contributed by atoms with van der Waals surface area (Å²) in [6.07, 6.45) is 7.30. The van der Waals surface area contributed by atoms with Crippen LogP contribution in [0, 0.1) is 0 Å². The molecular formula is C24H34N4O2S. The van der Waals surface area contributed by atoms with E-state index in [1.807, 2.05) is 24.5 Å². The van der Waals surface area contributed by atoms with Gasteiger partial charge in [-0.3, -0.25) is 4.99 Å². The summed E-state index contributed by atoms with van der Waals surface area (Å²) in [5.41, 5.74) is 1.16. The highest BCUT2D eigenvalue weighted by Gasteiger charge is 2.21. The predicted molar refractivity (Wildman–Crippen MR) is 129 cm³/mol. The minimum absolute atomic E-state index is 0.312. The van der Waals surface area contributed by atoms with Crippen LogP contribution in [0.2, 0.25) is 0 Å².